The van der Waals surface area contributed by atoms with Gasteiger partial charge in [0.1, 0.15) is 22.2 Å². The summed E-state index contributed by atoms with van der Waals surface area (Å²) >= 11 is 1.73. The highest BCUT2D eigenvalue weighted by Gasteiger charge is 2.22. The summed E-state index contributed by atoms with van der Waals surface area (Å²) in [6.45, 7) is 11.9. The number of hydrogen-bond donors (Lipinski definition) is 0. The number of nitrogens with zero attached hydrogens (tertiary/aromatic N) is 3. The highest BCUT2D eigenvalue weighted by atomic mass is 32.1. The van der Waals surface area contributed by atoms with Crippen LogP contribution in [0.4, 0.5) is 11.5 Å². The highest BCUT2D eigenvalue weighted by molar-refractivity contribution is 7.19. The van der Waals surface area contributed by atoms with E-state index in [2.05, 4.69) is 62.1 Å². The normalized spacial score (nSPS) is 11.1. The molecule has 0 unspecified atom stereocenters. The standard InChI is InChI=1S/C25H27N3OS/c1-6-28(20-10-8-9-16(3)15-20)24-23-22(17(4)30-25(23)27-18(5)26-24)19-11-13-21(14-12-19)29-7-2/h8-15H,6-7H2,1-5H3. The van der Waals surface area contributed by atoms with Gasteiger partial charge in [0.15, 0.2) is 0 Å². The molecule has 4 rings (SSSR count). The molecule has 0 atom stereocenters. The first kappa shape index (κ1) is 20.4. The third-order valence-electron chi connectivity index (χ3n) is 5.16. The second-order valence-electron chi connectivity index (χ2n) is 7.35. The van der Waals surface area contributed by atoms with Gasteiger partial charge in [-0.15, -0.1) is 11.3 Å². The van der Waals surface area contributed by atoms with Crippen molar-refractivity contribution in [2.24, 2.45) is 0 Å². The predicted molar refractivity (Wildman–Crippen MR) is 127 cm³/mol. The van der Waals surface area contributed by atoms with Gasteiger partial charge in [0, 0.05) is 22.7 Å². The fourth-order valence-corrected chi connectivity index (χ4v) is 4.96. The molecule has 0 aliphatic heterocycles. The summed E-state index contributed by atoms with van der Waals surface area (Å²) in [5.74, 6) is 2.66. The Labute approximate surface area is 182 Å². The maximum atomic E-state index is 5.63. The molecule has 0 spiro atoms. The molecule has 0 fully saturated rings. The number of hydrogen-bond acceptors (Lipinski definition) is 5. The number of anilines is 2. The zero-order valence-corrected chi connectivity index (χ0v) is 19.0. The summed E-state index contributed by atoms with van der Waals surface area (Å²) < 4.78 is 5.63. The molecular weight excluding hydrogens is 390 g/mol. The number of aromatic nitrogens is 2. The Morgan fingerprint density at radius 1 is 0.967 bits per heavy atom. The Morgan fingerprint density at radius 3 is 2.40 bits per heavy atom. The molecule has 0 bridgehead atoms. The van der Waals surface area contributed by atoms with Crippen LogP contribution in [0.1, 0.15) is 30.1 Å². The smallest absolute Gasteiger partial charge is 0.146 e. The minimum atomic E-state index is 0.666. The number of aryl methyl sites for hydroxylation is 3. The summed E-state index contributed by atoms with van der Waals surface area (Å²) in [7, 11) is 0. The van der Waals surface area contributed by atoms with E-state index in [1.54, 1.807) is 11.3 Å². The molecule has 4 aromatic rings. The lowest BCUT2D eigenvalue weighted by Crippen LogP contribution is -2.18. The van der Waals surface area contributed by atoms with Crippen molar-refractivity contribution in [3.8, 4) is 16.9 Å². The van der Waals surface area contributed by atoms with E-state index in [-0.39, 0.29) is 0 Å². The largest absolute Gasteiger partial charge is 0.494 e. The second-order valence-corrected chi connectivity index (χ2v) is 8.55. The van der Waals surface area contributed by atoms with Crippen molar-refractivity contribution in [3.05, 3.63) is 64.8 Å². The van der Waals surface area contributed by atoms with E-state index in [1.807, 2.05) is 26.0 Å². The van der Waals surface area contributed by atoms with Gasteiger partial charge in [0.25, 0.3) is 0 Å². The van der Waals surface area contributed by atoms with Crippen LogP contribution in [0.15, 0.2) is 48.5 Å². The van der Waals surface area contributed by atoms with E-state index in [0.717, 1.165) is 45.4 Å². The average molecular weight is 418 g/mol. The zero-order chi connectivity index (χ0) is 21.3. The van der Waals surface area contributed by atoms with Crippen LogP contribution >= 0.6 is 11.3 Å². The van der Waals surface area contributed by atoms with Crippen LogP contribution in [-0.4, -0.2) is 23.1 Å². The molecule has 2 aromatic heterocycles. The van der Waals surface area contributed by atoms with Crippen molar-refractivity contribution >= 4 is 33.1 Å². The highest BCUT2D eigenvalue weighted by Crippen LogP contribution is 2.43. The lowest BCUT2D eigenvalue weighted by atomic mass is 10.0. The molecule has 0 aliphatic carbocycles. The van der Waals surface area contributed by atoms with E-state index >= 15 is 0 Å². The molecule has 0 saturated heterocycles. The zero-order valence-electron chi connectivity index (χ0n) is 18.2. The summed E-state index contributed by atoms with van der Waals surface area (Å²) in [6, 6.07) is 16.9. The molecule has 2 heterocycles. The van der Waals surface area contributed by atoms with Gasteiger partial charge >= 0.3 is 0 Å². The first-order valence-corrected chi connectivity index (χ1v) is 11.2. The fraction of sp³-hybridized carbons (Fsp3) is 0.280. The van der Waals surface area contributed by atoms with Gasteiger partial charge in [-0.3, -0.25) is 0 Å². The Morgan fingerprint density at radius 2 is 1.73 bits per heavy atom. The topological polar surface area (TPSA) is 38.3 Å². The monoisotopic (exact) mass is 417 g/mol. The molecule has 0 aliphatic rings. The Balaban J connectivity index is 1.94. The van der Waals surface area contributed by atoms with E-state index < -0.39 is 0 Å². The summed E-state index contributed by atoms with van der Waals surface area (Å²) in [4.78, 5) is 14.3. The van der Waals surface area contributed by atoms with Crippen LogP contribution < -0.4 is 9.64 Å². The quantitative estimate of drug-likeness (QED) is 0.344. The molecular formula is C25H27N3OS. The van der Waals surface area contributed by atoms with Gasteiger partial charge in [0.2, 0.25) is 0 Å². The third kappa shape index (κ3) is 3.77. The Hall–Kier alpha value is -2.92. The molecule has 0 saturated carbocycles. The fourth-order valence-electron chi connectivity index (χ4n) is 3.88. The molecule has 0 radical (unpaired) electrons. The van der Waals surface area contributed by atoms with Gasteiger partial charge < -0.3 is 9.64 Å². The first-order chi connectivity index (χ1) is 14.5. The van der Waals surface area contributed by atoms with Crippen LogP contribution in [0.2, 0.25) is 0 Å². The maximum absolute atomic E-state index is 5.63. The van der Waals surface area contributed by atoms with E-state index in [0.29, 0.717) is 6.61 Å². The van der Waals surface area contributed by atoms with Crippen LogP contribution in [0, 0.1) is 20.8 Å². The van der Waals surface area contributed by atoms with Crippen molar-refractivity contribution < 1.29 is 4.74 Å². The number of benzene rings is 2. The van der Waals surface area contributed by atoms with Gasteiger partial charge in [-0.25, -0.2) is 9.97 Å². The van der Waals surface area contributed by atoms with Gasteiger partial charge in [-0.1, -0.05) is 24.3 Å². The lowest BCUT2D eigenvalue weighted by Gasteiger charge is -2.24. The number of thiophene rings is 1. The Kier molecular flexibility index (Phi) is 5.73. The third-order valence-corrected chi connectivity index (χ3v) is 6.16. The molecule has 2 aromatic carbocycles. The van der Waals surface area contributed by atoms with Crippen LogP contribution in [0.3, 0.4) is 0 Å². The van der Waals surface area contributed by atoms with Crippen molar-refractivity contribution in [3.63, 3.8) is 0 Å². The summed E-state index contributed by atoms with van der Waals surface area (Å²) in [5, 5.41) is 1.12. The molecule has 0 N–H and O–H groups in total. The second kappa shape index (κ2) is 8.44. The molecule has 154 valence electrons. The van der Waals surface area contributed by atoms with E-state index in [9.17, 15) is 0 Å². The molecule has 0 amide bonds. The van der Waals surface area contributed by atoms with Crippen molar-refractivity contribution in [1.82, 2.24) is 9.97 Å². The van der Waals surface area contributed by atoms with Crippen molar-refractivity contribution in [1.29, 1.82) is 0 Å². The van der Waals surface area contributed by atoms with Crippen molar-refractivity contribution in [2.45, 2.75) is 34.6 Å². The lowest BCUT2D eigenvalue weighted by molar-refractivity contribution is 0.340. The molecule has 5 heteroatoms. The first-order valence-electron chi connectivity index (χ1n) is 10.4. The van der Waals surface area contributed by atoms with Crippen molar-refractivity contribution in [2.75, 3.05) is 18.1 Å². The van der Waals surface area contributed by atoms with Gasteiger partial charge in [-0.05, 0) is 70.0 Å². The number of rotatable bonds is 6. The average Bonchev–Trinajstić information content (AvgIpc) is 3.05. The van der Waals surface area contributed by atoms with E-state index in [4.69, 9.17) is 14.7 Å². The van der Waals surface area contributed by atoms with Crippen LogP contribution in [-0.2, 0) is 0 Å². The number of fused-ring (bicyclic) bond motifs is 1. The SMILES string of the molecule is CCOc1ccc(-c2c(C)sc3nc(C)nc(N(CC)c4cccc(C)c4)c23)cc1. The minimum Gasteiger partial charge on any atom is -0.494 e. The number of ether oxygens (including phenoxy) is 1. The van der Waals surface area contributed by atoms with Crippen LogP contribution in [0.5, 0.6) is 5.75 Å². The molecule has 30 heavy (non-hydrogen) atoms. The van der Waals surface area contributed by atoms with Crippen LogP contribution in [0.25, 0.3) is 21.3 Å². The Bertz CT molecular complexity index is 1180. The van der Waals surface area contributed by atoms with Gasteiger partial charge in [0.05, 0.1) is 12.0 Å². The summed E-state index contributed by atoms with van der Waals surface area (Å²) in [5.41, 5.74) is 4.76. The van der Waals surface area contributed by atoms with Gasteiger partial charge in [-0.2, -0.15) is 0 Å². The maximum Gasteiger partial charge on any atom is 0.146 e. The summed E-state index contributed by atoms with van der Waals surface area (Å²) in [6.07, 6.45) is 0. The van der Waals surface area contributed by atoms with E-state index in [1.165, 1.54) is 16.0 Å². The molecule has 4 nitrogen and oxygen atoms in total. The predicted octanol–water partition coefficient (Wildman–Crippen LogP) is 6.84. The minimum absolute atomic E-state index is 0.666.